The second-order valence-electron chi connectivity index (χ2n) is 6.07. The number of allylic oxidation sites excluding steroid dienone is 1. The van der Waals surface area contributed by atoms with Gasteiger partial charge in [0.1, 0.15) is 5.58 Å². The molecular weight excluding hydrogens is 302 g/mol. The summed E-state index contributed by atoms with van der Waals surface area (Å²) in [5, 5.41) is 0.872. The summed E-state index contributed by atoms with van der Waals surface area (Å²) in [7, 11) is 0. The molecule has 0 bridgehead atoms. The van der Waals surface area contributed by atoms with E-state index in [9.17, 15) is 9.59 Å². The van der Waals surface area contributed by atoms with Crippen LogP contribution in [0, 0.1) is 0 Å². The van der Waals surface area contributed by atoms with Crippen molar-refractivity contribution in [2.45, 2.75) is 40.5 Å². The summed E-state index contributed by atoms with van der Waals surface area (Å²) >= 11 is 0. The fraction of sp³-hybridized carbons (Fsp3) is 0.400. The number of fused-ring (bicyclic) bond motifs is 1. The monoisotopic (exact) mass is 327 g/mol. The van der Waals surface area contributed by atoms with Gasteiger partial charge in [0.15, 0.2) is 11.5 Å². The van der Waals surface area contributed by atoms with Crippen LogP contribution in [0.4, 0.5) is 0 Å². The number of benzene rings is 1. The lowest BCUT2D eigenvalue weighted by atomic mass is 10.0. The number of nitrogens with zero attached hydrogens (tertiary/aromatic N) is 1. The fourth-order valence-electron chi connectivity index (χ4n) is 2.69. The number of hydrogen-bond acceptors (Lipinski definition) is 3. The SMILES string of the molecule is CCCN(CCC)C(=O)/C=C(\C)c1ccc2oc(C(C)=O)cc2c1. The highest BCUT2D eigenvalue weighted by Gasteiger charge is 2.12. The number of carbonyl (C=O) groups excluding carboxylic acids is 2. The molecule has 0 unspecified atom stereocenters. The Bertz CT molecular complexity index is 764. The second kappa shape index (κ2) is 7.95. The number of Topliss-reactive ketones (excluding diaryl/α,β-unsaturated/α-hetero) is 1. The number of hydrogen-bond donors (Lipinski definition) is 0. The summed E-state index contributed by atoms with van der Waals surface area (Å²) in [5.41, 5.74) is 2.55. The molecule has 0 saturated heterocycles. The molecule has 2 aromatic rings. The number of ketones is 1. The molecule has 4 heteroatoms. The summed E-state index contributed by atoms with van der Waals surface area (Å²) in [6, 6.07) is 7.46. The normalized spacial score (nSPS) is 11.8. The van der Waals surface area contributed by atoms with Crippen LogP contribution in [-0.4, -0.2) is 29.7 Å². The summed E-state index contributed by atoms with van der Waals surface area (Å²) < 4.78 is 5.50. The Labute approximate surface area is 143 Å². The maximum Gasteiger partial charge on any atom is 0.246 e. The van der Waals surface area contributed by atoms with E-state index in [0.29, 0.717) is 11.3 Å². The van der Waals surface area contributed by atoms with Crippen LogP contribution in [-0.2, 0) is 4.79 Å². The molecule has 0 saturated carbocycles. The predicted octanol–water partition coefficient (Wildman–Crippen LogP) is 4.69. The molecule has 2 rings (SSSR count). The van der Waals surface area contributed by atoms with E-state index in [4.69, 9.17) is 4.42 Å². The van der Waals surface area contributed by atoms with Crippen LogP contribution in [0.3, 0.4) is 0 Å². The molecule has 0 aliphatic heterocycles. The first kappa shape index (κ1) is 18.0. The van der Waals surface area contributed by atoms with E-state index in [2.05, 4.69) is 13.8 Å². The van der Waals surface area contributed by atoms with E-state index < -0.39 is 0 Å². The van der Waals surface area contributed by atoms with Crippen LogP contribution in [0.5, 0.6) is 0 Å². The molecule has 0 fully saturated rings. The number of carbonyl (C=O) groups is 2. The maximum absolute atomic E-state index is 12.5. The van der Waals surface area contributed by atoms with Crippen molar-refractivity contribution in [2.24, 2.45) is 0 Å². The van der Waals surface area contributed by atoms with Gasteiger partial charge in [-0.2, -0.15) is 0 Å². The van der Waals surface area contributed by atoms with E-state index in [1.54, 1.807) is 12.1 Å². The van der Waals surface area contributed by atoms with Gasteiger partial charge in [0.2, 0.25) is 5.91 Å². The molecule has 1 heterocycles. The van der Waals surface area contributed by atoms with E-state index in [1.165, 1.54) is 6.92 Å². The lowest BCUT2D eigenvalue weighted by molar-refractivity contribution is -0.126. The number of rotatable bonds is 7. The van der Waals surface area contributed by atoms with Gasteiger partial charge in [0.25, 0.3) is 0 Å². The van der Waals surface area contributed by atoms with Gasteiger partial charge in [0, 0.05) is 31.5 Å². The summed E-state index contributed by atoms with van der Waals surface area (Å²) in [4.78, 5) is 25.8. The molecule has 1 aromatic heterocycles. The van der Waals surface area contributed by atoms with Crippen molar-refractivity contribution in [2.75, 3.05) is 13.1 Å². The molecule has 1 aromatic carbocycles. The van der Waals surface area contributed by atoms with Crippen LogP contribution in [0.2, 0.25) is 0 Å². The molecule has 4 nitrogen and oxygen atoms in total. The van der Waals surface area contributed by atoms with Gasteiger partial charge >= 0.3 is 0 Å². The van der Waals surface area contributed by atoms with Crippen molar-refractivity contribution in [3.8, 4) is 0 Å². The van der Waals surface area contributed by atoms with Crippen LogP contribution in [0.15, 0.2) is 34.8 Å². The zero-order valence-corrected chi connectivity index (χ0v) is 14.9. The van der Waals surface area contributed by atoms with Crippen LogP contribution in [0.1, 0.15) is 56.7 Å². The van der Waals surface area contributed by atoms with Gasteiger partial charge in [-0.3, -0.25) is 9.59 Å². The molecule has 1 amide bonds. The van der Waals surface area contributed by atoms with E-state index >= 15 is 0 Å². The molecule has 0 spiro atoms. The van der Waals surface area contributed by atoms with Crippen molar-refractivity contribution in [3.05, 3.63) is 41.7 Å². The van der Waals surface area contributed by atoms with Crippen molar-refractivity contribution < 1.29 is 14.0 Å². The number of furan rings is 1. The molecule has 0 aliphatic carbocycles. The van der Waals surface area contributed by atoms with Gasteiger partial charge < -0.3 is 9.32 Å². The molecule has 0 N–H and O–H groups in total. The lowest BCUT2D eigenvalue weighted by Gasteiger charge is -2.20. The predicted molar refractivity (Wildman–Crippen MR) is 97.0 cm³/mol. The Hall–Kier alpha value is -2.36. The minimum atomic E-state index is -0.0926. The third kappa shape index (κ3) is 4.13. The Kier molecular flexibility index (Phi) is 5.96. The lowest BCUT2D eigenvalue weighted by Crippen LogP contribution is -2.31. The Morgan fingerprint density at radius 3 is 2.33 bits per heavy atom. The fourth-order valence-corrected chi connectivity index (χ4v) is 2.69. The second-order valence-corrected chi connectivity index (χ2v) is 6.07. The topological polar surface area (TPSA) is 50.5 Å². The van der Waals surface area contributed by atoms with Crippen LogP contribution < -0.4 is 0 Å². The van der Waals surface area contributed by atoms with E-state index in [0.717, 1.165) is 42.5 Å². The Morgan fingerprint density at radius 2 is 1.75 bits per heavy atom. The van der Waals surface area contributed by atoms with Crippen LogP contribution >= 0.6 is 0 Å². The molecule has 0 atom stereocenters. The summed E-state index contributed by atoms with van der Waals surface area (Å²) in [5.74, 6) is 0.315. The van der Waals surface area contributed by atoms with Crippen molar-refractivity contribution in [3.63, 3.8) is 0 Å². The van der Waals surface area contributed by atoms with E-state index in [-0.39, 0.29) is 11.7 Å². The van der Waals surface area contributed by atoms with Gasteiger partial charge in [0.05, 0.1) is 0 Å². The average molecular weight is 327 g/mol. The maximum atomic E-state index is 12.5. The van der Waals surface area contributed by atoms with Crippen molar-refractivity contribution >= 4 is 28.2 Å². The molecule has 0 radical (unpaired) electrons. The Balaban J connectivity index is 2.27. The van der Waals surface area contributed by atoms with Gasteiger partial charge in [-0.1, -0.05) is 19.9 Å². The highest BCUT2D eigenvalue weighted by molar-refractivity contribution is 5.98. The smallest absolute Gasteiger partial charge is 0.246 e. The summed E-state index contributed by atoms with van der Waals surface area (Å²) in [6.45, 7) is 9.12. The third-order valence-electron chi connectivity index (χ3n) is 3.96. The zero-order valence-electron chi connectivity index (χ0n) is 14.9. The van der Waals surface area contributed by atoms with Gasteiger partial charge in [-0.15, -0.1) is 0 Å². The van der Waals surface area contributed by atoms with Gasteiger partial charge in [-0.25, -0.2) is 0 Å². The average Bonchev–Trinajstić information content (AvgIpc) is 2.98. The van der Waals surface area contributed by atoms with Crippen molar-refractivity contribution in [1.82, 2.24) is 4.90 Å². The largest absolute Gasteiger partial charge is 0.453 e. The highest BCUT2D eigenvalue weighted by atomic mass is 16.3. The molecular formula is C20H25NO3. The molecule has 128 valence electrons. The minimum Gasteiger partial charge on any atom is -0.453 e. The van der Waals surface area contributed by atoms with Gasteiger partial charge in [-0.05, 0) is 49.1 Å². The molecule has 0 aliphatic rings. The number of amides is 1. The minimum absolute atomic E-state index is 0.0490. The first-order valence-corrected chi connectivity index (χ1v) is 8.48. The van der Waals surface area contributed by atoms with Crippen molar-refractivity contribution in [1.29, 1.82) is 0 Å². The first-order valence-electron chi connectivity index (χ1n) is 8.48. The standard InChI is InChI=1S/C20H25NO3/c1-5-9-21(10-6-2)20(23)11-14(3)16-7-8-18-17(12-16)13-19(24-18)15(4)22/h7-8,11-13H,5-6,9-10H2,1-4H3/b14-11+. The Morgan fingerprint density at radius 1 is 1.08 bits per heavy atom. The zero-order chi connectivity index (χ0) is 17.7. The quantitative estimate of drug-likeness (QED) is 0.547. The van der Waals surface area contributed by atoms with Crippen LogP contribution in [0.25, 0.3) is 16.5 Å². The highest BCUT2D eigenvalue weighted by Crippen LogP contribution is 2.24. The molecule has 24 heavy (non-hydrogen) atoms. The third-order valence-corrected chi connectivity index (χ3v) is 3.96. The summed E-state index contributed by atoms with van der Waals surface area (Å²) in [6.07, 6.45) is 3.60. The van der Waals surface area contributed by atoms with E-state index in [1.807, 2.05) is 30.0 Å². The first-order chi connectivity index (χ1) is 11.5.